The van der Waals surface area contributed by atoms with E-state index in [2.05, 4.69) is 34.8 Å². The number of methoxy groups -OCH3 is 1. The van der Waals surface area contributed by atoms with Crippen molar-refractivity contribution < 1.29 is 4.74 Å². The van der Waals surface area contributed by atoms with E-state index in [1.165, 1.54) is 5.57 Å². The molecule has 0 aliphatic rings. The Hall–Kier alpha value is -0.960. The minimum atomic E-state index is 0.932. The summed E-state index contributed by atoms with van der Waals surface area (Å²) >= 11 is 3.55. The molecule has 0 saturated carbocycles. The molecule has 1 N–H and O–H groups in total. The molecule has 0 amide bonds. The lowest BCUT2D eigenvalue weighted by Gasteiger charge is -2.10. The Morgan fingerprint density at radius 2 is 2.25 bits per heavy atom. The van der Waals surface area contributed by atoms with Gasteiger partial charge in [0.2, 0.25) is 0 Å². The molecule has 3 heteroatoms. The SMILES string of the molecule is C/C=C(/Br)c1cc[nH]c1/C(OC)=C(\C)CC. The Bertz CT molecular complexity index is 415. The fraction of sp³-hybridized carbons (Fsp3) is 0.385. The molecule has 0 fully saturated rings. The molecule has 0 aromatic carbocycles. The van der Waals surface area contributed by atoms with Crippen molar-refractivity contribution in [3.63, 3.8) is 0 Å². The fourth-order valence-corrected chi connectivity index (χ4v) is 1.89. The fourth-order valence-electron chi connectivity index (χ4n) is 1.56. The molecule has 0 atom stereocenters. The maximum absolute atomic E-state index is 5.48. The summed E-state index contributed by atoms with van der Waals surface area (Å²) in [5, 5.41) is 0. The predicted molar refractivity (Wildman–Crippen MR) is 73.3 cm³/mol. The molecule has 2 nitrogen and oxygen atoms in total. The first-order valence-electron chi connectivity index (χ1n) is 5.39. The number of halogens is 1. The molecule has 1 aromatic rings. The normalized spacial score (nSPS) is 13.7. The highest BCUT2D eigenvalue weighted by Crippen LogP contribution is 2.30. The molecule has 0 aliphatic carbocycles. The first-order valence-corrected chi connectivity index (χ1v) is 6.18. The molecule has 88 valence electrons. The van der Waals surface area contributed by atoms with Crippen LogP contribution in [0.15, 0.2) is 23.9 Å². The van der Waals surface area contributed by atoms with Crippen molar-refractivity contribution >= 4 is 26.2 Å². The van der Waals surface area contributed by atoms with Gasteiger partial charge in [0, 0.05) is 16.2 Å². The molecule has 1 rings (SSSR count). The van der Waals surface area contributed by atoms with Crippen LogP contribution in [0.3, 0.4) is 0 Å². The molecule has 16 heavy (non-hydrogen) atoms. The van der Waals surface area contributed by atoms with Gasteiger partial charge < -0.3 is 9.72 Å². The van der Waals surface area contributed by atoms with Crippen molar-refractivity contribution in [3.8, 4) is 0 Å². The number of ether oxygens (including phenoxy) is 1. The summed E-state index contributed by atoms with van der Waals surface area (Å²) in [4.78, 5) is 3.23. The molecule has 0 radical (unpaired) electrons. The number of hydrogen-bond acceptors (Lipinski definition) is 1. The van der Waals surface area contributed by atoms with Gasteiger partial charge in [0.1, 0.15) is 5.76 Å². The van der Waals surface area contributed by atoms with Crippen LogP contribution in [0.4, 0.5) is 0 Å². The molecule has 1 heterocycles. The van der Waals surface area contributed by atoms with Crippen molar-refractivity contribution in [2.24, 2.45) is 0 Å². The van der Waals surface area contributed by atoms with Gasteiger partial charge in [-0.3, -0.25) is 0 Å². The summed E-state index contributed by atoms with van der Waals surface area (Å²) in [5.74, 6) is 0.932. The summed E-state index contributed by atoms with van der Waals surface area (Å²) < 4.78 is 6.55. The number of rotatable bonds is 4. The number of H-pyrrole nitrogens is 1. The van der Waals surface area contributed by atoms with Crippen LogP contribution >= 0.6 is 15.9 Å². The van der Waals surface area contributed by atoms with Gasteiger partial charge in [-0.1, -0.05) is 28.9 Å². The average molecular weight is 284 g/mol. The third-order valence-corrected chi connectivity index (χ3v) is 3.49. The van der Waals surface area contributed by atoms with Crippen LogP contribution in [-0.2, 0) is 4.74 Å². The number of allylic oxidation sites excluding steroid dienone is 2. The van der Waals surface area contributed by atoms with Gasteiger partial charge in [0.25, 0.3) is 0 Å². The smallest absolute Gasteiger partial charge is 0.141 e. The number of aromatic nitrogens is 1. The second-order valence-corrected chi connectivity index (χ2v) is 4.42. The summed E-state index contributed by atoms with van der Waals surface area (Å²) in [6, 6.07) is 2.04. The van der Waals surface area contributed by atoms with E-state index in [9.17, 15) is 0 Å². The standard InChI is InChI=1S/C13H18BrNO/c1-5-9(3)13(16-4)12-10(7-8-15-12)11(14)6-2/h6-8,15H,5H2,1-4H3/b11-6+,13-9-. The molecule has 0 bridgehead atoms. The molecular formula is C13H18BrNO. The minimum absolute atomic E-state index is 0.932. The summed E-state index contributed by atoms with van der Waals surface area (Å²) in [7, 11) is 1.71. The van der Waals surface area contributed by atoms with Crippen molar-refractivity contribution in [1.29, 1.82) is 0 Å². The molecule has 0 aliphatic heterocycles. The van der Waals surface area contributed by atoms with E-state index < -0.39 is 0 Å². The second-order valence-electron chi connectivity index (χ2n) is 3.57. The van der Waals surface area contributed by atoms with Gasteiger partial charge >= 0.3 is 0 Å². The van der Waals surface area contributed by atoms with Gasteiger partial charge in [-0.2, -0.15) is 0 Å². The zero-order valence-corrected chi connectivity index (χ0v) is 11.8. The van der Waals surface area contributed by atoms with Crippen molar-refractivity contribution in [2.75, 3.05) is 7.11 Å². The first-order chi connectivity index (χ1) is 7.65. The van der Waals surface area contributed by atoms with Gasteiger partial charge in [0.05, 0.1) is 12.8 Å². The van der Waals surface area contributed by atoms with Crippen LogP contribution in [0.1, 0.15) is 38.4 Å². The Morgan fingerprint density at radius 3 is 2.75 bits per heavy atom. The lowest BCUT2D eigenvalue weighted by molar-refractivity contribution is 0.364. The Balaban J connectivity index is 3.28. The van der Waals surface area contributed by atoms with E-state index >= 15 is 0 Å². The number of aromatic amines is 1. The van der Waals surface area contributed by atoms with E-state index in [1.54, 1.807) is 7.11 Å². The second kappa shape index (κ2) is 5.94. The molecular weight excluding hydrogens is 266 g/mol. The third-order valence-electron chi connectivity index (χ3n) is 2.61. The average Bonchev–Trinajstić information content (AvgIpc) is 2.77. The van der Waals surface area contributed by atoms with Crippen LogP contribution in [0, 0.1) is 0 Å². The quantitative estimate of drug-likeness (QED) is 0.806. The Kier molecular flexibility index (Phi) is 4.87. The van der Waals surface area contributed by atoms with Crippen LogP contribution in [0.2, 0.25) is 0 Å². The third kappa shape index (κ3) is 2.59. The lowest BCUT2D eigenvalue weighted by Crippen LogP contribution is -1.95. The van der Waals surface area contributed by atoms with Crippen molar-refractivity contribution in [2.45, 2.75) is 27.2 Å². The highest BCUT2D eigenvalue weighted by atomic mass is 79.9. The lowest BCUT2D eigenvalue weighted by atomic mass is 10.1. The largest absolute Gasteiger partial charge is 0.495 e. The zero-order chi connectivity index (χ0) is 12.1. The van der Waals surface area contributed by atoms with E-state index in [4.69, 9.17) is 4.74 Å². The topological polar surface area (TPSA) is 25.0 Å². The highest BCUT2D eigenvalue weighted by molar-refractivity contribution is 9.15. The van der Waals surface area contributed by atoms with Crippen LogP contribution in [0.25, 0.3) is 10.2 Å². The molecule has 0 spiro atoms. The zero-order valence-electron chi connectivity index (χ0n) is 10.2. The summed E-state index contributed by atoms with van der Waals surface area (Å²) in [5.41, 5.74) is 3.40. The van der Waals surface area contributed by atoms with Crippen LogP contribution in [-0.4, -0.2) is 12.1 Å². The van der Waals surface area contributed by atoms with E-state index in [0.717, 1.165) is 27.9 Å². The van der Waals surface area contributed by atoms with Gasteiger partial charge in [0.15, 0.2) is 0 Å². The van der Waals surface area contributed by atoms with Crippen molar-refractivity contribution in [1.82, 2.24) is 4.98 Å². The van der Waals surface area contributed by atoms with Crippen LogP contribution in [0.5, 0.6) is 0 Å². The van der Waals surface area contributed by atoms with Gasteiger partial charge in [-0.05, 0) is 31.9 Å². The monoisotopic (exact) mass is 283 g/mol. The minimum Gasteiger partial charge on any atom is -0.495 e. The molecule has 1 aromatic heterocycles. The number of hydrogen-bond donors (Lipinski definition) is 1. The van der Waals surface area contributed by atoms with E-state index in [-0.39, 0.29) is 0 Å². The molecule has 0 saturated heterocycles. The van der Waals surface area contributed by atoms with Gasteiger partial charge in [-0.25, -0.2) is 0 Å². The van der Waals surface area contributed by atoms with E-state index in [1.807, 2.05) is 25.3 Å². The Labute approximate surface area is 106 Å². The van der Waals surface area contributed by atoms with E-state index in [0.29, 0.717) is 0 Å². The number of nitrogens with one attached hydrogen (secondary N) is 1. The maximum Gasteiger partial charge on any atom is 0.141 e. The maximum atomic E-state index is 5.48. The molecule has 0 unspecified atom stereocenters. The first kappa shape index (κ1) is 13.1. The van der Waals surface area contributed by atoms with Gasteiger partial charge in [-0.15, -0.1) is 0 Å². The summed E-state index contributed by atoms with van der Waals surface area (Å²) in [6.45, 7) is 6.22. The Morgan fingerprint density at radius 1 is 1.56 bits per heavy atom. The predicted octanol–water partition coefficient (Wildman–Crippen LogP) is 4.56. The van der Waals surface area contributed by atoms with Crippen molar-refractivity contribution in [3.05, 3.63) is 35.2 Å². The van der Waals surface area contributed by atoms with Crippen LogP contribution < -0.4 is 0 Å². The summed E-state index contributed by atoms with van der Waals surface area (Å²) in [6.07, 6.45) is 4.94. The highest BCUT2D eigenvalue weighted by Gasteiger charge is 2.13.